The zero-order chi connectivity index (χ0) is 24.6. The van der Waals surface area contributed by atoms with Crippen LogP contribution in [0, 0.1) is 0 Å². The van der Waals surface area contributed by atoms with Crippen molar-refractivity contribution in [1.29, 1.82) is 0 Å². The molecule has 4 rings (SSSR count). The van der Waals surface area contributed by atoms with Crippen molar-refractivity contribution < 1.29 is 18.0 Å². The van der Waals surface area contributed by atoms with Gasteiger partial charge >= 0.3 is 6.18 Å². The summed E-state index contributed by atoms with van der Waals surface area (Å²) >= 11 is 6.08. The molecular formula is C22H23ClF3N7O. The van der Waals surface area contributed by atoms with Gasteiger partial charge in [0.15, 0.2) is 5.65 Å². The molecule has 0 bridgehead atoms. The Hall–Kier alpha value is -3.34. The second kappa shape index (κ2) is 9.13. The maximum atomic E-state index is 13.2. The van der Waals surface area contributed by atoms with Crippen molar-refractivity contribution in [1.82, 2.24) is 19.9 Å². The minimum absolute atomic E-state index is 0.0118. The van der Waals surface area contributed by atoms with Crippen molar-refractivity contribution in [2.24, 2.45) is 0 Å². The second-order valence-electron chi connectivity index (χ2n) is 8.15. The molecule has 0 radical (unpaired) electrons. The number of nitrogens with zero attached hydrogens (tertiary/aromatic N) is 5. The first-order valence-corrected chi connectivity index (χ1v) is 11.0. The molecule has 0 unspecified atom stereocenters. The number of hydrogen-bond acceptors (Lipinski definition) is 7. The van der Waals surface area contributed by atoms with E-state index in [1.165, 1.54) is 6.07 Å². The maximum Gasteiger partial charge on any atom is 0.416 e. The Bertz CT molecular complexity index is 1230. The fourth-order valence-electron chi connectivity index (χ4n) is 3.92. The number of nitrogens with one attached hydrogen (secondary N) is 1. The van der Waals surface area contributed by atoms with Crippen molar-refractivity contribution in [3.8, 4) is 0 Å². The van der Waals surface area contributed by atoms with Crippen LogP contribution in [0.2, 0.25) is 5.28 Å². The Balaban J connectivity index is 1.64. The second-order valence-corrected chi connectivity index (χ2v) is 8.49. The fourth-order valence-corrected chi connectivity index (χ4v) is 4.08. The molecule has 1 amide bonds. The van der Waals surface area contributed by atoms with Gasteiger partial charge in [-0.2, -0.15) is 18.2 Å². The molecule has 12 heteroatoms. The Labute approximate surface area is 198 Å². The number of fused-ring (bicyclic) bond motifs is 1. The molecule has 1 fully saturated rings. The molecule has 3 heterocycles. The summed E-state index contributed by atoms with van der Waals surface area (Å²) in [4.78, 5) is 28.3. The fraction of sp³-hybridized carbons (Fsp3) is 0.364. The monoisotopic (exact) mass is 493 g/mol. The topological polar surface area (TPSA) is 100 Å². The number of nitrogens with two attached hydrogens (primary N) is 1. The van der Waals surface area contributed by atoms with Crippen molar-refractivity contribution in [2.45, 2.75) is 26.1 Å². The number of anilines is 3. The number of hydrogen-bond donors (Lipinski definition) is 2. The first-order chi connectivity index (χ1) is 16.0. The third kappa shape index (κ3) is 5.09. The summed E-state index contributed by atoms with van der Waals surface area (Å²) in [6.07, 6.45) is -2.84. The van der Waals surface area contributed by atoms with Gasteiger partial charge in [0.1, 0.15) is 5.82 Å². The average molecular weight is 494 g/mol. The number of nitrogen functional groups attached to an aromatic ring is 1. The summed E-state index contributed by atoms with van der Waals surface area (Å²) in [6.45, 7) is 5.74. The standard InChI is InChI=1S/C22H23ClF3N7O/c1-12(14-7-15(22(24,25)26)9-16(27)8-14)29-20-18-10-17(11-28-19(18)30-21(23)31-20)33-5-3-32(4-6-33)13(2)34/h7-12H,3-6,27H2,1-2H3,(H,28,29,30,31)/t12-/m1/s1. The number of carbonyl (C=O) groups is 1. The number of alkyl halides is 3. The molecule has 2 aromatic heterocycles. The highest BCUT2D eigenvalue weighted by molar-refractivity contribution is 6.28. The van der Waals surface area contributed by atoms with Crippen molar-refractivity contribution in [2.75, 3.05) is 42.1 Å². The lowest BCUT2D eigenvalue weighted by Gasteiger charge is -2.35. The lowest BCUT2D eigenvalue weighted by molar-refractivity contribution is -0.137. The van der Waals surface area contributed by atoms with E-state index >= 15 is 0 Å². The third-order valence-electron chi connectivity index (χ3n) is 5.76. The van der Waals surface area contributed by atoms with Gasteiger partial charge in [0.25, 0.3) is 0 Å². The summed E-state index contributed by atoms with van der Waals surface area (Å²) in [6, 6.07) is 4.72. The molecule has 0 aliphatic carbocycles. The molecule has 34 heavy (non-hydrogen) atoms. The van der Waals surface area contributed by atoms with E-state index in [9.17, 15) is 18.0 Å². The van der Waals surface area contributed by atoms with Gasteiger partial charge < -0.3 is 20.9 Å². The van der Waals surface area contributed by atoms with Crippen LogP contribution in [-0.2, 0) is 11.0 Å². The summed E-state index contributed by atoms with van der Waals surface area (Å²) in [5.74, 6) is 0.380. The zero-order valence-electron chi connectivity index (χ0n) is 18.5. The number of piperazine rings is 1. The molecule has 1 saturated heterocycles. The van der Waals surface area contributed by atoms with E-state index in [4.69, 9.17) is 17.3 Å². The van der Waals surface area contributed by atoms with Crippen LogP contribution < -0.4 is 16.0 Å². The molecule has 1 atom stereocenters. The molecule has 0 spiro atoms. The van der Waals surface area contributed by atoms with E-state index in [0.29, 0.717) is 48.6 Å². The van der Waals surface area contributed by atoms with Gasteiger partial charge in [-0.25, -0.2) is 9.97 Å². The summed E-state index contributed by atoms with van der Waals surface area (Å²) in [7, 11) is 0. The highest BCUT2D eigenvalue weighted by atomic mass is 35.5. The molecule has 1 aliphatic rings. The van der Waals surface area contributed by atoms with Crippen molar-refractivity contribution in [3.63, 3.8) is 0 Å². The van der Waals surface area contributed by atoms with Crippen molar-refractivity contribution in [3.05, 3.63) is 46.9 Å². The molecule has 1 aliphatic heterocycles. The summed E-state index contributed by atoms with van der Waals surface area (Å²) in [5.41, 5.74) is 6.42. The van der Waals surface area contributed by atoms with Gasteiger partial charge in [-0.1, -0.05) is 0 Å². The van der Waals surface area contributed by atoms with E-state index in [1.54, 1.807) is 24.9 Å². The van der Waals surface area contributed by atoms with Crippen molar-refractivity contribution >= 4 is 45.7 Å². The molecule has 3 aromatic rings. The Morgan fingerprint density at radius 3 is 2.50 bits per heavy atom. The average Bonchev–Trinajstić information content (AvgIpc) is 2.77. The SMILES string of the molecule is CC(=O)N1CCN(c2cnc3nc(Cl)nc(N[C@H](C)c4cc(N)cc(C(F)(F)F)c4)c3c2)CC1. The minimum atomic E-state index is -4.51. The van der Waals surface area contributed by atoms with E-state index in [-0.39, 0.29) is 16.9 Å². The van der Waals surface area contributed by atoms with Gasteiger partial charge in [0, 0.05) is 38.8 Å². The van der Waals surface area contributed by atoms with E-state index in [1.807, 2.05) is 6.07 Å². The van der Waals surface area contributed by atoms with Crippen LogP contribution in [0.25, 0.3) is 11.0 Å². The first kappa shape index (κ1) is 23.8. The predicted molar refractivity (Wildman–Crippen MR) is 125 cm³/mol. The third-order valence-corrected chi connectivity index (χ3v) is 5.93. The highest BCUT2D eigenvalue weighted by Crippen LogP contribution is 2.34. The van der Waals surface area contributed by atoms with Crippen LogP contribution in [0.15, 0.2) is 30.5 Å². The largest absolute Gasteiger partial charge is 0.416 e. The molecule has 1 aromatic carbocycles. The maximum absolute atomic E-state index is 13.2. The summed E-state index contributed by atoms with van der Waals surface area (Å²) < 4.78 is 39.7. The van der Waals surface area contributed by atoms with Crippen LogP contribution in [0.1, 0.15) is 31.0 Å². The van der Waals surface area contributed by atoms with Gasteiger partial charge in [-0.05, 0) is 48.4 Å². The molecule has 3 N–H and O–H groups in total. The van der Waals surface area contributed by atoms with Crippen LogP contribution in [0.3, 0.4) is 0 Å². The Kier molecular flexibility index (Phi) is 6.39. The predicted octanol–water partition coefficient (Wildman–Crippen LogP) is 4.12. The normalized spacial score (nSPS) is 15.5. The number of carbonyl (C=O) groups excluding carboxylic acids is 1. The van der Waals surface area contributed by atoms with Gasteiger partial charge in [-0.15, -0.1) is 0 Å². The van der Waals surface area contributed by atoms with Crippen LogP contribution in [0.4, 0.5) is 30.4 Å². The van der Waals surface area contributed by atoms with Crippen LogP contribution >= 0.6 is 11.6 Å². The molecule has 180 valence electrons. The number of pyridine rings is 1. The first-order valence-electron chi connectivity index (χ1n) is 10.6. The minimum Gasteiger partial charge on any atom is -0.399 e. The van der Waals surface area contributed by atoms with Crippen LogP contribution in [0.5, 0.6) is 0 Å². The number of amides is 1. The molecule has 8 nitrogen and oxygen atoms in total. The van der Waals surface area contributed by atoms with E-state index < -0.39 is 17.8 Å². The quantitative estimate of drug-likeness (QED) is 0.416. The van der Waals surface area contributed by atoms with E-state index in [0.717, 1.165) is 17.8 Å². The Morgan fingerprint density at radius 2 is 1.85 bits per heavy atom. The lowest BCUT2D eigenvalue weighted by atomic mass is 10.0. The van der Waals surface area contributed by atoms with Gasteiger partial charge in [0.2, 0.25) is 11.2 Å². The zero-order valence-corrected chi connectivity index (χ0v) is 19.3. The van der Waals surface area contributed by atoms with E-state index in [2.05, 4.69) is 25.2 Å². The lowest BCUT2D eigenvalue weighted by Crippen LogP contribution is -2.48. The van der Waals surface area contributed by atoms with Crippen LogP contribution in [-0.4, -0.2) is 51.9 Å². The molecular weight excluding hydrogens is 471 g/mol. The number of rotatable bonds is 4. The smallest absolute Gasteiger partial charge is 0.399 e. The van der Waals surface area contributed by atoms with Gasteiger partial charge in [0.05, 0.1) is 28.9 Å². The summed E-state index contributed by atoms with van der Waals surface area (Å²) in [5, 5.41) is 3.66. The van der Waals surface area contributed by atoms with Gasteiger partial charge in [-0.3, -0.25) is 4.79 Å². The number of halogens is 4. The number of aromatic nitrogens is 3. The molecule has 0 saturated carbocycles. The Morgan fingerprint density at radius 1 is 1.15 bits per heavy atom. The highest BCUT2D eigenvalue weighted by Gasteiger charge is 2.31. The number of benzene rings is 1.